The topological polar surface area (TPSA) is 34.0 Å². The number of nitrogens with zero attached hydrogens (tertiary/aromatic N) is 3. The van der Waals surface area contributed by atoms with Crippen LogP contribution in [0.25, 0.3) is 5.70 Å². The van der Waals surface area contributed by atoms with Gasteiger partial charge in [0.05, 0.1) is 19.9 Å². The number of ether oxygens (including phenoxy) is 1. The number of rotatable bonds is 3. The van der Waals surface area contributed by atoms with Gasteiger partial charge in [-0.05, 0) is 31.2 Å². The summed E-state index contributed by atoms with van der Waals surface area (Å²) in [4.78, 5) is 9.13. The van der Waals surface area contributed by atoms with E-state index in [9.17, 15) is 0 Å². The average Bonchev–Trinajstić information content (AvgIpc) is 2.93. The highest BCUT2D eigenvalue weighted by Gasteiger charge is 2.44. The van der Waals surface area contributed by atoms with Crippen molar-refractivity contribution in [2.24, 2.45) is 9.98 Å². The van der Waals surface area contributed by atoms with Crippen molar-refractivity contribution in [3.8, 4) is 5.75 Å². The van der Waals surface area contributed by atoms with Gasteiger partial charge >= 0.3 is 0 Å². The fourth-order valence-electron chi connectivity index (χ4n) is 3.21. The summed E-state index contributed by atoms with van der Waals surface area (Å²) in [6.07, 6.45) is 3.80. The van der Waals surface area contributed by atoms with Crippen LogP contribution < -0.4 is 9.22 Å². The quantitative estimate of drug-likeness (QED) is 0.784. The number of hydrogen-bond donors (Lipinski definition) is 0. The largest absolute Gasteiger partial charge is 0.494 e. The van der Waals surface area contributed by atoms with Gasteiger partial charge in [-0.2, -0.15) is 4.99 Å². The van der Waals surface area contributed by atoms with Gasteiger partial charge in [0.1, 0.15) is 17.7 Å². The third kappa shape index (κ3) is 2.03. The lowest BCUT2D eigenvalue weighted by atomic mass is 10.1. The zero-order valence-electron chi connectivity index (χ0n) is 13.2. The molecule has 23 heavy (non-hydrogen) atoms. The molecule has 0 radical (unpaired) electrons. The van der Waals surface area contributed by atoms with Crippen molar-refractivity contribution in [3.63, 3.8) is 0 Å². The molecule has 2 aromatic carbocycles. The van der Waals surface area contributed by atoms with Crippen molar-refractivity contribution in [3.05, 3.63) is 60.3 Å². The van der Waals surface area contributed by atoms with Crippen molar-refractivity contribution in [1.82, 2.24) is 4.48 Å². The predicted octanol–water partition coefficient (Wildman–Crippen LogP) is 4.15. The monoisotopic (exact) mass is 304 g/mol. The van der Waals surface area contributed by atoms with E-state index >= 15 is 0 Å². The van der Waals surface area contributed by atoms with Crippen LogP contribution in [0.3, 0.4) is 0 Å². The van der Waals surface area contributed by atoms with E-state index in [4.69, 9.17) is 4.74 Å². The maximum Gasteiger partial charge on any atom is 0.256 e. The van der Waals surface area contributed by atoms with Crippen LogP contribution in [0, 0.1) is 0 Å². The third-order valence-electron chi connectivity index (χ3n) is 4.38. The molecule has 2 aliphatic rings. The molecule has 2 aliphatic heterocycles. The van der Waals surface area contributed by atoms with E-state index in [1.165, 1.54) is 0 Å². The van der Waals surface area contributed by atoms with Crippen LogP contribution in [0.15, 0.2) is 64.7 Å². The Kier molecular flexibility index (Phi) is 3.13. The Morgan fingerprint density at radius 3 is 2.83 bits per heavy atom. The molecule has 0 bridgehead atoms. The lowest BCUT2D eigenvalue weighted by Gasteiger charge is -2.33. The highest BCUT2D eigenvalue weighted by atomic mass is 16.5. The van der Waals surface area contributed by atoms with Crippen LogP contribution in [0.5, 0.6) is 5.75 Å². The number of benzene rings is 2. The molecular formula is C19H18N3O+. The second-order valence-corrected chi connectivity index (χ2v) is 5.72. The van der Waals surface area contributed by atoms with Crippen LogP contribution in [0.2, 0.25) is 0 Å². The maximum absolute atomic E-state index is 5.65. The molecule has 4 heteroatoms. The molecule has 0 aliphatic carbocycles. The van der Waals surface area contributed by atoms with E-state index in [1.54, 1.807) is 0 Å². The first-order valence-corrected chi connectivity index (χ1v) is 7.76. The SMILES string of the molecule is CCOc1cccc(C2=CN=C3C=Nc4ccccc4[N+]23C)c1. The van der Waals surface area contributed by atoms with Crippen molar-refractivity contribution in [1.29, 1.82) is 0 Å². The van der Waals surface area contributed by atoms with Gasteiger partial charge in [-0.1, -0.05) is 18.2 Å². The Morgan fingerprint density at radius 2 is 1.96 bits per heavy atom. The van der Waals surface area contributed by atoms with E-state index in [0.29, 0.717) is 11.1 Å². The van der Waals surface area contributed by atoms with E-state index in [-0.39, 0.29) is 0 Å². The Morgan fingerprint density at radius 1 is 1.09 bits per heavy atom. The number of amidine groups is 1. The van der Waals surface area contributed by atoms with Crippen LogP contribution in [0.1, 0.15) is 12.5 Å². The van der Waals surface area contributed by atoms with Gasteiger partial charge in [0.15, 0.2) is 11.4 Å². The third-order valence-corrected chi connectivity index (χ3v) is 4.38. The molecule has 1 atom stereocenters. The summed E-state index contributed by atoms with van der Waals surface area (Å²) in [6.45, 7) is 2.65. The number of fused-ring (bicyclic) bond motifs is 3. The van der Waals surface area contributed by atoms with Gasteiger partial charge in [-0.15, -0.1) is 0 Å². The molecule has 0 saturated heterocycles. The highest BCUT2D eigenvalue weighted by molar-refractivity contribution is 6.39. The smallest absolute Gasteiger partial charge is 0.256 e. The summed E-state index contributed by atoms with van der Waals surface area (Å²) in [5, 5.41) is 0. The van der Waals surface area contributed by atoms with Crippen LogP contribution in [-0.4, -0.2) is 25.7 Å². The molecular weight excluding hydrogens is 286 g/mol. The normalized spacial score (nSPS) is 21.3. The van der Waals surface area contributed by atoms with Crippen molar-refractivity contribution >= 4 is 29.1 Å². The molecule has 2 heterocycles. The Hall–Kier alpha value is -2.72. The number of para-hydroxylation sites is 2. The molecule has 4 rings (SSSR count). The van der Waals surface area contributed by atoms with E-state index in [2.05, 4.69) is 35.2 Å². The van der Waals surface area contributed by atoms with Crippen molar-refractivity contribution in [2.45, 2.75) is 6.92 Å². The van der Waals surface area contributed by atoms with Gasteiger partial charge in [0.2, 0.25) is 0 Å². The van der Waals surface area contributed by atoms with Crippen molar-refractivity contribution in [2.75, 3.05) is 13.7 Å². The van der Waals surface area contributed by atoms with Crippen LogP contribution in [-0.2, 0) is 0 Å². The first kappa shape index (κ1) is 13.9. The standard InChI is InChI=1S/C19H18N3O/c1-3-23-15-8-6-7-14(11-15)18-12-21-19-13-20-16-9-4-5-10-17(16)22(18,19)2/h4-13H,3H2,1-2H3/q+1. The summed E-state index contributed by atoms with van der Waals surface area (Å²) in [5.41, 5.74) is 4.37. The Labute approximate surface area is 135 Å². The zero-order valence-corrected chi connectivity index (χ0v) is 13.2. The molecule has 0 saturated carbocycles. The lowest BCUT2D eigenvalue weighted by molar-refractivity contribution is 0.340. The summed E-state index contributed by atoms with van der Waals surface area (Å²) in [6, 6.07) is 16.4. The average molecular weight is 304 g/mol. The molecule has 0 spiro atoms. The first-order chi connectivity index (χ1) is 11.2. The second kappa shape index (κ2) is 5.18. The molecule has 1 unspecified atom stereocenters. The molecule has 2 aromatic rings. The van der Waals surface area contributed by atoms with Gasteiger partial charge in [0.25, 0.3) is 5.84 Å². The fourth-order valence-corrected chi connectivity index (χ4v) is 3.21. The zero-order chi connectivity index (χ0) is 15.9. The Balaban J connectivity index is 1.84. The summed E-state index contributed by atoms with van der Waals surface area (Å²) in [5.74, 6) is 1.81. The molecule has 0 aromatic heterocycles. The number of aliphatic imine (C=N–C) groups is 2. The summed E-state index contributed by atoms with van der Waals surface area (Å²) in [7, 11) is 2.16. The molecule has 4 nitrogen and oxygen atoms in total. The number of hydrogen-bond acceptors (Lipinski definition) is 3. The minimum Gasteiger partial charge on any atom is -0.494 e. The fraction of sp³-hybridized carbons (Fsp3) is 0.158. The molecule has 0 fully saturated rings. The predicted molar refractivity (Wildman–Crippen MR) is 95.3 cm³/mol. The lowest BCUT2D eigenvalue weighted by Crippen LogP contribution is -2.48. The van der Waals surface area contributed by atoms with Crippen LogP contribution in [0.4, 0.5) is 11.4 Å². The minimum absolute atomic E-state index is 0.537. The number of quaternary nitrogens is 1. The second-order valence-electron chi connectivity index (χ2n) is 5.72. The first-order valence-electron chi connectivity index (χ1n) is 7.76. The summed E-state index contributed by atoms with van der Waals surface area (Å²) >= 11 is 0. The van der Waals surface area contributed by atoms with Gasteiger partial charge < -0.3 is 4.74 Å². The van der Waals surface area contributed by atoms with Gasteiger partial charge in [-0.3, -0.25) is 0 Å². The highest BCUT2D eigenvalue weighted by Crippen LogP contribution is 2.44. The molecule has 114 valence electrons. The van der Waals surface area contributed by atoms with E-state index < -0.39 is 0 Å². The van der Waals surface area contributed by atoms with Crippen LogP contribution >= 0.6 is 0 Å². The van der Waals surface area contributed by atoms with E-state index in [0.717, 1.165) is 34.2 Å². The van der Waals surface area contributed by atoms with Gasteiger partial charge in [-0.25, -0.2) is 9.48 Å². The maximum atomic E-state index is 5.65. The molecule has 0 amide bonds. The minimum atomic E-state index is 0.537. The molecule has 0 N–H and O–H groups in total. The van der Waals surface area contributed by atoms with Crippen molar-refractivity contribution < 1.29 is 4.74 Å². The van der Waals surface area contributed by atoms with E-state index in [1.807, 2.05) is 49.7 Å². The Bertz CT molecular complexity index is 866. The van der Waals surface area contributed by atoms with Gasteiger partial charge in [0, 0.05) is 11.6 Å². The summed E-state index contributed by atoms with van der Waals surface area (Å²) < 4.78 is 6.18.